The molecule has 3 N–H and O–H groups in total. The van der Waals surface area contributed by atoms with Crippen molar-refractivity contribution in [2.24, 2.45) is 0 Å². The van der Waals surface area contributed by atoms with Gasteiger partial charge in [0.05, 0.1) is 18.7 Å². The highest BCUT2D eigenvalue weighted by Gasteiger charge is 2.17. The van der Waals surface area contributed by atoms with Crippen LogP contribution in [0.4, 0.5) is 0 Å². The van der Waals surface area contributed by atoms with E-state index < -0.39 is 5.69 Å². The molecule has 1 aliphatic heterocycles. The molecule has 0 atom stereocenters. The van der Waals surface area contributed by atoms with Gasteiger partial charge in [-0.2, -0.15) is 0 Å². The van der Waals surface area contributed by atoms with Crippen LogP contribution in [0.3, 0.4) is 0 Å². The standard InChI is InChI=1S/C11H17N3O2/c1-8-9(10(15)13-11(16)12-8)7-14-5-3-2-4-6-14/h2-7H2,1H3,(H2,12,13,15,16)/p+1. The molecule has 2 rings (SSSR count). The fourth-order valence-corrected chi connectivity index (χ4v) is 2.32. The number of quaternary nitrogens is 1. The Labute approximate surface area is 93.5 Å². The van der Waals surface area contributed by atoms with Crippen LogP contribution in [0, 0.1) is 6.92 Å². The zero-order valence-corrected chi connectivity index (χ0v) is 9.56. The van der Waals surface area contributed by atoms with Crippen LogP contribution in [0.5, 0.6) is 0 Å². The minimum Gasteiger partial charge on any atom is -0.331 e. The highest BCUT2D eigenvalue weighted by molar-refractivity contribution is 5.12. The van der Waals surface area contributed by atoms with E-state index in [4.69, 9.17) is 0 Å². The molecule has 0 radical (unpaired) electrons. The second kappa shape index (κ2) is 4.65. The molecular formula is C11H18N3O2+. The van der Waals surface area contributed by atoms with Crippen LogP contribution < -0.4 is 16.1 Å². The van der Waals surface area contributed by atoms with Crippen molar-refractivity contribution in [3.05, 3.63) is 32.1 Å². The summed E-state index contributed by atoms with van der Waals surface area (Å²) in [6.07, 6.45) is 3.76. The van der Waals surface area contributed by atoms with Crippen molar-refractivity contribution >= 4 is 0 Å². The van der Waals surface area contributed by atoms with Crippen LogP contribution in [0.15, 0.2) is 9.59 Å². The molecule has 2 heterocycles. The van der Waals surface area contributed by atoms with E-state index in [1.807, 2.05) is 0 Å². The summed E-state index contributed by atoms with van der Waals surface area (Å²) in [6, 6.07) is 0. The lowest BCUT2D eigenvalue weighted by Gasteiger charge is -2.23. The lowest BCUT2D eigenvalue weighted by Crippen LogP contribution is -3.11. The summed E-state index contributed by atoms with van der Waals surface area (Å²) in [5.74, 6) is 0. The Bertz CT molecular complexity index is 469. The maximum atomic E-state index is 11.6. The molecule has 1 saturated heterocycles. The zero-order chi connectivity index (χ0) is 11.5. The minimum absolute atomic E-state index is 0.237. The molecule has 88 valence electrons. The van der Waals surface area contributed by atoms with Crippen LogP contribution in [0.25, 0.3) is 0 Å². The molecule has 0 amide bonds. The van der Waals surface area contributed by atoms with E-state index in [9.17, 15) is 9.59 Å². The van der Waals surface area contributed by atoms with Crippen molar-refractivity contribution < 1.29 is 4.90 Å². The summed E-state index contributed by atoms with van der Waals surface area (Å²) >= 11 is 0. The smallest absolute Gasteiger partial charge is 0.325 e. The topological polar surface area (TPSA) is 70.2 Å². The van der Waals surface area contributed by atoms with Gasteiger partial charge in [-0.1, -0.05) is 0 Å². The van der Waals surface area contributed by atoms with Gasteiger partial charge in [-0.3, -0.25) is 9.78 Å². The third kappa shape index (κ3) is 2.41. The minimum atomic E-state index is -0.417. The van der Waals surface area contributed by atoms with Crippen LogP contribution >= 0.6 is 0 Å². The number of aryl methyl sites for hydroxylation is 1. The van der Waals surface area contributed by atoms with Gasteiger partial charge in [0.2, 0.25) is 0 Å². The Morgan fingerprint density at radius 3 is 2.44 bits per heavy atom. The Hall–Kier alpha value is -1.36. The normalized spacial score (nSPS) is 17.6. The average molecular weight is 224 g/mol. The molecule has 1 aromatic heterocycles. The molecule has 16 heavy (non-hydrogen) atoms. The average Bonchev–Trinajstić information content (AvgIpc) is 2.25. The Kier molecular flexibility index (Phi) is 3.24. The molecule has 1 aromatic rings. The van der Waals surface area contributed by atoms with Crippen molar-refractivity contribution in [2.45, 2.75) is 32.7 Å². The predicted molar refractivity (Wildman–Crippen MR) is 60.7 cm³/mol. The number of piperidine rings is 1. The first-order valence-electron chi connectivity index (χ1n) is 5.82. The van der Waals surface area contributed by atoms with Crippen molar-refractivity contribution in [3.8, 4) is 0 Å². The Morgan fingerprint density at radius 2 is 1.81 bits per heavy atom. The van der Waals surface area contributed by atoms with Gasteiger partial charge in [0.25, 0.3) is 5.56 Å². The quantitative estimate of drug-likeness (QED) is 0.599. The fourth-order valence-electron chi connectivity index (χ4n) is 2.32. The van der Waals surface area contributed by atoms with Gasteiger partial charge in [-0.05, 0) is 26.2 Å². The molecule has 0 bridgehead atoms. The third-order valence-corrected chi connectivity index (χ3v) is 3.24. The molecule has 1 aliphatic rings. The van der Waals surface area contributed by atoms with Crippen LogP contribution in [-0.2, 0) is 6.54 Å². The molecule has 0 aromatic carbocycles. The summed E-state index contributed by atoms with van der Waals surface area (Å²) in [4.78, 5) is 29.1. The first-order valence-corrected chi connectivity index (χ1v) is 5.82. The maximum absolute atomic E-state index is 11.6. The van der Waals surface area contributed by atoms with Gasteiger partial charge >= 0.3 is 5.69 Å². The number of aromatic amines is 2. The fraction of sp³-hybridized carbons (Fsp3) is 0.636. The molecule has 0 spiro atoms. The first-order chi connectivity index (χ1) is 7.66. The summed E-state index contributed by atoms with van der Waals surface area (Å²) in [7, 11) is 0. The second-order valence-corrected chi connectivity index (χ2v) is 4.50. The van der Waals surface area contributed by atoms with Gasteiger partial charge in [-0.25, -0.2) is 4.79 Å². The second-order valence-electron chi connectivity index (χ2n) is 4.50. The number of likely N-dealkylation sites (tertiary alicyclic amines) is 1. The van der Waals surface area contributed by atoms with Crippen molar-refractivity contribution in [1.82, 2.24) is 9.97 Å². The predicted octanol–water partition coefficient (Wildman–Crippen LogP) is -1.06. The molecule has 0 unspecified atom stereocenters. The Morgan fingerprint density at radius 1 is 1.12 bits per heavy atom. The number of hydrogen-bond acceptors (Lipinski definition) is 2. The summed E-state index contributed by atoms with van der Waals surface area (Å²) in [6.45, 7) is 4.75. The van der Waals surface area contributed by atoms with Gasteiger partial charge in [0.1, 0.15) is 6.54 Å². The van der Waals surface area contributed by atoms with Crippen LogP contribution in [0.1, 0.15) is 30.5 Å². The van der Waals surface area contributed by atoms with Crippen molar-refractivity contribution in [3.63, 3.8) is 0 Å². The third-order valence-electron chi connectivity index (χ3n) is 3.24. The van der Waals surface area contributed by atoms with Crippen molar-refractivity contribution in [2.75, 3.05) is 13.1 Å². The number of aromatic nitrogens is 2. The van der Waals surface area contributed by atoms with Gasteiger partial charge < -0.3 is 9.88 Å². The largest absolute Gasteiger partial charge is 0.331 e. The maximum Gasteiger partial charge on any atom is 0.325 e. The van der Waals surface area contributed by atoms with E-state index in [0.29, 0.717) is 5.69 Å². The molecule has 0 saturated carbocycles. The van der Waals surface area contributed by atoms with Crippen LogP contribution in [0.2, 0.25) is 0 Å². The monoisotopic (exact) mass is 224 g/mol. The number of nitrogens with one attached hydrogen (secondary N) is 3. The first kappa shape index (κ1) is 11.1. The Balaban J connectivity index is 2.20. The van der Waals surface area contributed by atoms with E-state index in [2.05, 4.69) is 9.97 Å². The highest BCUT2D eigenvalue weighted by atomic mass is 16.2. The molecule has 1 fully saturated rings. The highest BCUT2D eigenvalue weighted by Crippen LogP contribution is 1.97. The van der Waals surface area contributed by atoms with Gasteiger partial charge in [0.15, 0.2) is 0 Å². The molecule has 5 heteroatoms. The number of hydrogen-bond donors (Lipinski definition) is 3. The summed E-state index contributed by atoms with van der Waals surface area (Å²) in [5, 5.41) is 0. The lowest BCUT2D eigenvalue weighted by molar-refractivity contribution is -0.918. The van der Waals surface area contributed by atoms with Gasteiger partial charge in [-0.15, -0.1) is 0 Å². The van der Waals surface area contributed by atoms with E-state index >= 15 is 0 Å². The summed E-state index contributed by atoms with van der Waals surface area (Å²) in [5.41, 5.74) is 0.766. The van der Waals surface area contributed by atoms with E-state index in [1.165, 1.54) is 24.2 Å². The zero-order valence-electron chi connectivity index (χ0n) is 9.56. The van der Waals surface area contributed by atoms with E-state index in [1.54, 1.807) is 6.92 Å². The van der Waals surface area contributed by atoms with Crippen molar-refractivity contribution in [1.29, 1.82) is 0 Å². The van der Waals surface area contributed by atoms with Gasteiger partial charge in [0, 0.05) is 5.69 Å². The SMILES string of the molecule is Cc1[nH]c(=O)[nH]c(=O)c1C[NH+]1CCCCC1. The molecular weight excluding hydrogens is 206 g/mol. The molecule has 0 aliphatic carbocycles. The number of H-pyrrole nitrogens is 2. The summed E-state index contributed by atoms with van der Waals surface area (Å²) < 4.78 is 0. The van der Waals surface area contributed by atoms with E-state index in [0.717, 1.165) is 25.2 Å². The number of rotatable bonds is 2. The van der Waals surface area contributed by atoms with Crippen LogP contribution in [-0.4, -0.2) is 23.1 Å². The van der Waals surface area contributed by atoms with E-state index in [-0.39, 0.29) is 5.56 Å². The molecule has 5 nitrogen and oxygen atoms in total. The lowest BCUT2D eigenvalue weighted by atomic mass is 10.1.